The van der Waals surface area contributed by atoms with Crippen LogP contribution in [0.3, 0.4) is 0 Å². The minimum Gasteiger partial charge on any atom is -0.750 e. The molecule has 0 aliphatic heterocycles. The summed E-state index contributed by atoms with van der Waals surface area (Å²) in [4.78, 5) is 2.09. The normalized spacial score (nSPS) is 14.4. The molecule has 0 saturated heterocycles. The lowest BCUT2D eigenvalue weighted by Gasteiger charge is -2.27. The molecule has 4 nitrogen and oxygen atoms in total. The third-order valence-corrected chi connectivity index (χ3v) is 2.95. The van der Waals surface area contributed by atoms with E-state index in [2.05, 4.69) is 11.0 Å². The van der Waals surface area contributed by atoms with Gasteiger partial charge in [-0.25, -0.2) is 4.21 Å². The van der Waals surface area contributed by atoms with Crippen LogP contribution in [0, 0.1) is 6.92 Å². The maximum Gasteiger partial charge on any atom is 0.0883 e. The van der Waals surface area contributed by atoms with Gasteiger partial charge in [-0.2, -0.15) is 0 Å². The molecule has 0 amide bonds. The van der Waals surface area contributed by atoms with E-state index in [9.17, 15) is 8.76 Å². The summed E-state index contributed by atoms with van der Waals surface area (Å²) in [6.07, 6.45) is -0.353. The largest absolute Gasteiger partial charge is 0.750 e. The highest BCUT2D eigenvalue weighted by molar-refractivity contribution is 7.74. The molecule has 0 radical (unpaired) electrons. The Morgan fingerprint density at radius 3 is 2.76 bits per heavy atom. The fourth-order valence-electron chi connectivity index (χ4n) is 1.72. The number of aryl methyl sites for hydroxylation is 1. The van der Waals surface area contributed by atoms with Gasteiger partial charge in [0.25, 0.3) is 0 Å². The molecule has 0 aliphatic rings. The van der Waals surface area contributed by atoms with Gasteiger partial charge in [0, 0.05) is 18.8 Å². The molecule has 0 aliphatic carbocycles. The topological polar surface area (TPSA) is 52.6 Å². The van der Waals surface area contributed by atoms with E-state index < -0.39 is 11.4 Å². The first kappa shape index (κ1) is 14.2. The second kappa shape index (κ2) is 6.74. The standard InChI is InChI=1S/C12H19NO3S/c1-4-13(9-11(3)16-17(14)15)12-7-5-6-10(2)8-12/h5-8,11H,4,9H2,1-3H3,(H,14,15)/p-1. The Kier molecular flexibility index (Phi) is 5.61. The highest BCUT2D eigenvalue weighted by Gasteiger charge is 2.10. The average Bonchev–Trinajstić information content (AvgIpc) is 2.24. The van der Waals surface area contributed by atoms with Crippen molar-refractivity contribution in [3.05, 3.63) is 29.8 Å². The summed E-state index contributed by atoms with van der Waals surface area (Å²) < 4.78 is 25.6. The molecule has 96 valence electrons. The Bertz CT molecular complexity index is 384. The Labute approximate surface area is 105 Å². The van der Waals surface area contributed by atoms with Crippen molar-refractivity contribution in [1.82, 2.24) is 0 Å². The van der Waals surface area contributed by atoms with Gasteiger partial charge in [-0.3, -0.25) is 4.18 Å². The van der Waals surface area contributed by atoms with Crippen molar-refractivity contribution in [2.45, 2.75) is 26.9 Å². The predicted octanol–water partition coefficient (Wildman–Crippen LogP) is 2.02. The lowest BCUT2D eigenvalue weighted by molar-refractivity contribution is 0.223. The van der Waals surface area contributed by atoms with Crippen LogP contribution in [0.5, 0.6) is 0 Å². The van der Waals surface area contributed by atoms with Crippen molar-refractivity contribution in [1.29, 1.82) is 0 Å². The van der Waals surface area contributed by atoms with E-state index in [1.807, 2.05) is 32.0 Å². The van der Waals surface area contributed by atoms with Gasteiger partial charge in [0.2, 0.25) is 0 Å². The number of benzene rings is 1. The summed E-state index contributed by atoms with van der Waals surface area (Å²) in [7, 11) is 0. The zero-order valence-corrected chi connectivity index (χ0v) is 11.2. The second-order valence-electron chi connectivity index (χ2n) is 3.99. The quantitative estimate of drug-likeness (QED) is 0.731. The summed E-state index contributed by atoms with van der Waals surface area (Å²) in [5.74, 6) is 0. The minimum absolute atomic E-state index is 0.353. The van der Waals surface area contributed by atoms with Crippen LogP contribution in [0.2, 0.25) is 0 Å². The van der Waals surface area contributed by atoms with Crippen LogP contribution in [0.1, 0.15) is 19.4 Å². The Morgan fingerprint density at radius 1 is 1.53 bits per heavy atom. The maximum atomic E-state index is 10.4. The minimum atomic E-state index is -2.45. The molecule has 1 aromatic rings. The van der Waals surface area contributed by atoms with Crippen molar-refractivity contribution in [2.24, 2.45) is 0 Å². The average molecular weight is 256 g/mol. The van der Waals surface area contributed by atoms with Crippen molar-refractivity contribution in [2.75, 3.05) is 18.0 Å². The molecule has 2 unspecified atom stereocenters. The fraction of sp³-hybridized carbons (Fsp3) is 0.500. The Morgan fingerprint density at radius 2 is 2.24 bits per heavy atom. The number of likely N-dealkylation sites (N-methyl/N-ethyl adjacent to an activating group) is 1. The van der Waals surface area contributed by atoms with E-state index in [0.29, 0.717) is 6.54 Å². The Hall–Kier alpha value is -0.910. The third kappa shape index (κ3) is 4.85. The first-order chi connectivity index (χ1) is 8.02. The number of nitrogens with zero attached hydrogens (tertiary/aromatic N) is 1. The molecule has 5 heteroatoms. The molecule has 0 fully saturated rings. The van der Waals surface area contributed by atoms with Crippen LogP contribution in [0.15, 0.2) is 24.3 Å². The van der Waals surface area contributed by atoms with Crippen molar-refractivity contribution < 1.29 is 12.9 Å². The van der Waals surface area contributed by atoms with E-state index in [1.54, 1.807) is 6.92 Å². The highest BCUT2D eigenvalue weighted by Crippen LogP contribution is 2.16. The molecule has 0 N–H and O–H groups in total. The molecule has 2 atom stereocenters. The van der Waals surface area contributed by atoms with Crippen LogP contribution < -0.4 is 4.90 Å². The van der Waals surface area contributed by atoms with Gasteiger partial charge in [0.05, 0.1) is 17.5 Å². The van der Waals surface area contributed by atoms with Crippen molar-refractivity contribution in [3.63, 3.8) is 0 Å². The first-order valence-electron chi connectivity index (χ1n) is 5.61. The lowest BCUT2D eigenvalue weighted by Crippen LogP contribution is -2.32. The number of hydrogen-bond acceptors (Lipinski definition) is 4. The van der Waals surface area contributed by atoms with Gasteiger partial charge in [0.1, 0.15) is 0 Å². The molecule has 1 aromatic carbocycles. The van der Waals surface area contributed by atoms with Gasteiger partial charge < -0.3 is 9.45 Å². The molecule has 0 saturated carbocycles. The third-order valence-electron chi connectivity index (χ3n) is 2.47. The summed E-state index contributed by atoms with van der Waals surface area (Å²) in [6, 6.07) is 8.11. The summed E-state index contributed by atoms with van der Waals surface area (Å²) in [5.41, 5.74) is 2.27. The van der Waals surface area contributed by atoms with E-state index in [4.69, 9.17) is 4.18 Å². The summed E-state index contributed by atoms with van der Waals surface area (Å²) in [6.45, 7) is 7.16. The van der Waals surface area contributed by atoms with Gasteiger partial charge in [0.15, 0.2) is 0 Å². The molecule has 1 rings (SSSR count). The monoisotopic (exact) mass is 256 g/mol. The van der Waals surface area contributed by atoms with Crippen molar-refractivity contribution >= 4 is 17.0 Å². The van der Waals surface area contributed by atoms with E-state index in [0.717, 1.165) is 12.2 Å². The molecular formula is C12H18NO3S-. The Balaban J connectivity index is 2.68. The SMILES string of the molecule is CCN(CC(C)OS(=O)[O-])c1cccc(C)c1. The van der Waals surface area contributed by atoms with Gasteiger partial charge in [-0.1, -0.05) is 12.1 Å². The summed E-state index contributed by atoms with van der Waals surface area (Å²) in [5, 5.41) is 0. The number of hydrogen-bond donors (Lipinski definition) is 0. The first-order valence-corrected chi connectivity index (χ1v) is 6.61. The number of rotatable bonds is 6. The van der Waals surface area contributed by atoms with Crippen LogP contribution in [0.4, 0.5) is 5.69 Å². The zero-order chi connectivity index (χ0) is 12.8. The second-order valence-corrected chi connectivity index (χ2v) is 4.59. The van der Waals surface area contributed by atoms with Crippen LogP contribution in [0.25, 0.3) is 0 Å². The molecule has 17 heavy (non-hydrogen) atoms. The molecular weight excluding hydrogens is 238 g/mol. The molecule has 0 bridgehead atoms. The van der Waals surface area contributed by atoms with E-state index in [1.165, 1.54) is 5.56 Å². The highest BCUT2D eigenvalue weighted by atomic mass is 32.2. The maximum absolute atomic E-state index is 10.4. The summed E-state index contributed by atoms with van der Waals surface area (Å²) >= 11 is -2.45. The molecule has 0 aromatic heterocycles. The van der Waals surface area contributed by atoms with Gasteiger partial charge >= 0.3 is 0 Å². The smallest absolute Gasteiger partial charge is 0.0883 e. The van der Waals surface area contributed by atoms with Crippen LogP contribution in [-0.2, 0) is 15.5 Å². The van der Waals surface area contributed by atoms with Gasteiger partial charge in [-0.05, 0) is 38.5 Å². The molecule has 0 heterocycles. The van der Waals surface area contributed by atoms with E-state index >= 15 is 0 Å². The van der Waals surface area contributed by atoms with Crippen LogP contribution in [-0.4, -0.2) is 28.0 Å². The fourth-order valence-corrected chi connectivity index (χ4v) is 2.05. The van der Waals surface area contributed by atoms with Gasteiger partial charge in [-0.15, -0.1) is 0 Å². The molecule has 0 spiro atoms. The lowest BCUT2D eigenvalue weighted by atomic mass is 10.2. The van der Waals surface area contributed by atoms with Crippen molar-refractivity contribution in [3.8, 4) is 0 Å². The van der Waals surface area contributed by atoms with E-state index in [-0.39, 0.29) is 6.10 Å². The predicted molar refractivity (Wildman–Crippen MR) is 68.5 cm³/mol. The number of anilines is 1. The van der Waals surface area contributed by atoms with Crippen LogP contribution >= 0.6 is 0 Å². The zero-order valence-electron chi connectivity index (χ0n) is 10.4.